The van der Waals surface area contributed by atoms with Crippen molar-refractivity contribution in [3.05, 3.63) is 83.4 Å². The van der Waals surface area contributed by atoms with Gasteiger partial charge in [0, 0.05) is 0 Å². The molecule has 0 atom stereocenters. The molecule has 5 heteroatoms. The second-order valence-corrected chi connectivity index (χ2v) is 8.39. The van der Waals surface area contributed by atoms with Gasteiger partial charge in [-0.05, 0) is 72.4 Å². The highest BCUT2D eigenvalue weighted by atomic mass is 19.1. The van der Waals surface area contributed by atoms with Crippen LogP contribution in [0.1, 0.15) is 68.3 Å². The summed E-state index contributed by atoms with van der Waals surface area (Å²) in [6.07, 6.45) is 7.05. The van der Waals surface area contributed by atoms with Crippen molar-refractivity contribution in [3.8, 4) is 22.6 Å². The van der Waals surface area contributed by atoms with Crippen molar-refractivity contribution in [1.82, 2.24) is 0 Å². The van der Waals surface area contributed by atoms with Crippen LogP contribution in [0.15, 0.2) is 60.7 Å². The number of hydrogen-bond acceptors (Lipinski definition) is 3. The van der Waals surface area contributed by atoms with E-state index in [9.17, 15) is 13.6 Å². The Morgan fingerprint density at radius 3 is 2.09 bits per heavy atom. The molecule has 0 heterocycles. The minimum atomic E-state index is -0.648. The molecule has 0 saturated carbocycles. The smallest absolute Gasteiger partial charge is 0.343 e. The molecule has 0 amide bonds. The lowest BCUT2D eigenvalue weighted by Gasteiger charge is -2.10. The van der Waals surface area contributed by atoms with E-state index < -0.39 is 17.6 Å². The van der Waals surface area contributed by atoms with E-state index >= 15 is 0 Å². The lowest BCUT2D eigenvalue weighted by Crippen LogP contribution is -2.09. The van der Waals surface area contributed by atoms with E-state index in [1.54, 1.807) is 42.5 Å². The number of esters is 1. The molecule has 0 aliphatic heterocycles. The molecule has 3 aromatic carbocycles. The van der Waals surface area contributed by atoms with Crippen LogP contribution in [0.3, 0.4) is 0 Å². The lowest BCUT2D eigenvalue weighted by atomic mass is 10.0. The first kappa shape index (κ1) is 25.4. The van der Waals surface area contributed by atoms with Gasteiger partial charge in [-0.15, -0.1) is 0 Å². The summed E-state index contributed by atoms with van der Waals surface area (Å²) in [5.41, 5.74) is 2.58. The first-order valence-electron chi connectivity index (χ1n) is 12.0. The fourth-order valence-electron chi connectivity index (χ4n) is 3.63. The van der Waals surface area contributed by atoms with Gasteiger partial charge >= 0.3 is 5.97 Å². The SMILES string of the molecule is CCCCCCOc1ccc(-c2ccc(C(=O)Oc3ccc(CCCC)cc3F)cc2)cc1F. The van der Waals surface area contributed by atoms with Gasteiger partial charge in [0.1, 0.15) is 0 Å². The van der Waals surface area contributed by atoms with Crippen LogP contribution in [0.4, 0.5) is 8.78 Å². The summed E-state index contributed by atoms with van der Waals surface area (Å²) in [7, 11) is 0. The predicted octanol–water partition coefficient (Wildman–Crippen LogP) is 8.15. The van der Waals surface area contributed by atoms with Gasteiger partial charge in [-0.3, -0.25) is 0 Å². The minimum Gasteiger partial charge on any atom is -0.491 e. The highest BCUT2D eigenvalue weighted by Crippen LogP contribution is 2.27. The van der Waals surface area contributed by atoms with Gasteiger partial charge in [-0.1, -0.05) is 63.8 Å². The molecule has 34 heavy (non-hydrogen) atoms. The summed E-state index contributed by atoms with van der Waals surface area (Å²) in [6.45, 7) is 4.71. The molecule has 0 spiro atoms. The molecule has 3 nitrogen and oxygen atoms in total. The van der Waals surface area contributed by atoms with E-state index in [0.29, 0.717) is 12.2 Å². The lowest BCUT2D eigenvalue weighted by molar-refractivity contribution is 0.0728. The zero-order valence-corrected chi connectivity index (χ0v) is 19.9. The highest BCUT2D eigenvalue weighted by molar-refractivity contribution is 5.91. The number of hydrogen-bond donors (Lipinski definition) is 0. The van der Waals surface area contributed by atoms with Gasteiger partial charge in [0.25, 0.3) is 0 Å². The monoisotopic (exact) mass is 466 g/mol. The fourth-order valence-corrected chi connectivity index (χ4v) is 3.63. The fraction of sp³-hybridized carbons (Fsp3) is 0.345. The molecule has 0 radical (unpaired) electrons. The number of benzene rings is 3. The van der Waals surface area contributed by atoms with Crippen molar-refractivity contribution in [3.63, 3.8) is 0 Å². The Hall–Kier alpha value is -3.21. The number of unbranched alkanes of at least 4 members (excludes halogenated alkanes) is 4. The van der Waals surface area contributed by atoms with Crippen molar-refractivity contribution in [2.75, 3.05) is 6.61 Å². The zero-order chi connectivity index (χ0) is 24.3. The number of carbonyl (C=O) groups is 1. The predicted molar refractivity (Wildman–Crippen MR) is 131 cm³/mol. The van der Waals surface area contributed by atoms with Crippen molar-refractivity contribution in [1.29, 1.82) is 0 Å². The molecule has 0 aliphatic rings. The summed E-state index contributed by atoms with van der Waals surface area (Å²) in [6, 6.07) is 16.1. The van der Waals surface area contributed by atoms with Crippen LogP contribution in [0.5, 0.6) is 11.5 Å². The maximum atomic E-state index is 14.5. The molecule has 0 N–H and O–H groups in total. The third-order valence-corrected chi connectivity index (χ3v) is 5.66. The Morgan fingerprint density at radius 2 is 1.41 bits per heavy atom. The summed E-state index contributed by atoms with van der Waals surface area (Å²) in [5.74, 6) is -1.48. The minimum absolute atomic E-state index is 0.0957. The zero-order valence-electron chi connectivity index (χ0n) is 19.9. The molecule has 180 valence electrons. The third kappa shape index (κ3) is 7.14. The van der Waals surface area contributed by atoms with E-state index in [0.717, 1.165) is 56.1 Å². The van der Waals surface area contributed by atoms with Gasteiger partial charge in [0.05, 0.1) is 12.2 Å². The summed E-state index contributed by atoms with van der Waals surface area (Å²) < 4.78 is 39.6. The molecule has 0 unspecified atom stereocenters. The Kier molecular flexibility index (Phi) is 9.62. The Balaban J connectivity index is 1.61. The van der Waals surface area contributed by atoms with Gasteiger partial charge in [0.15, 0.2) is 23.1 Å². The van der Waals surface area contributed by atoms with E-state index in [4.69, 9.17) is 9.47 Å². The van der Waals surface area contributed by atoms with Crippen LogP contribution < -0.4 is 9.47 Å². The third-order valence-electron chi connectivity index (χ3n) is 5.66. The normalized spacial score (nSPS) is 10.8. The van der Waals surface area contributed by atoms with Gasteiger partial charge < -0.3 is 9.47 Å². The molecular weight excluding hydrogens is 434 g/mol. The molecular formula is C29H32F2O3. The van der Waals surface area contributed by atoms with Gasteiger partial charge in [-0.25, -0.2) is 13.6 Å². The molecule has 0 fully saturated rings. The number of aryl methyl sites for hydroxylation is 1. The van der Waals surface area contributed by atoms with Crippen LogP contribution >= 0.6 is 0 Å². The molecule has 0 saturated heterocycles. The van der Waals surface area contributed by atoms with Crippen molar-refractivity contribution in [2.24, 2.45) is 0 Å². The maximum Gasteiger partial charge on any atom is 0.343 e. The number of carbonyl (C=O) groups excluding carboxylic acids is 1. The summed E-state index contributed by atoms with van der Waals surface area (Å²) in [5, 5.41) is 0. The standard InChI is InChI=1S/C29H32F2O3/c1-3-5-7-8-18-33-27-17-15-24(20-26(27)31)22-11-13-23(14-12-22)29(32)34-28-16-10-21(9-6-4-2)19-25(28)30/h10-17,19-20H,3-9,18H2,1-2H3. The van der Waals surface area contributed by atoms with E-state index in [1.165, 1.54) is 18.2 Å². The van der Waals surface area contributed by atoms with Crippen molar-refractivity contribution >= 4 is 5.97 Å². The average Bonchev–Trinajstić information content (AvgIpc) is 2.85. The second-order valence-electron chi connectivity index (χ2n) is 8.39. The Bertz CT molecular complexity index is 1080. The molecule has 3 rings (SSSR count). The first-order chi connectivity index (χ1) is 16.5. The molecule has 3 aromatic rings. The van der Waals surface area contributed by atoms with E-state index in [-0.39, 0.29) is 17.1 Å². The van der Waals surface area contributed by atoms with Crippen LogP contribution in [0.25, 0.3) is 11.1 Å². The van der Waals surface area contributed by atoms with E-state index in [1.807, 2.05) is 0 Å². The average molecular weight is 467 g/mol. The van der Waals surface area contributed by atoms with Gasteiger partial charge in [0.2, 0.25) is 0 Å². The number of halogens is 2. The molecule has 0 bridgehead atoms. The maximum absolute atomic E-state index is 14.5. The van der Waals surface area contributed by atoms with E-state index in [2.05, 4.69) is 13.8 Å². The Morgan fingerprint density at radius 1 is 0.735 bits per heavy atom. The topological polar surface area (TPSA) is 35.5 Å². The first-order valence-corrected chi connectivity index (χ1v) is 12.0. The largest absolute Gasteiger partial charge is 0.491 e. The quantitative estimate of drug-likeness (QED) is 0.153. The van der Waals surface area contributed by atoms with Crippen molar-refractivity contribution in [2.45, 2.75) is 58.8 Å². The second kappa shape index (κ2) is 12.9. The van der Waals surface area contributed by atoms with Gasteiger partial charge in [-0.2, -0.15) is 0 Å². The van der Waals surface area contributed by atoms with Crippen LogP contribution in [0, 0.1) is 11.6 Å². The summed E-state index contributed by atoms with van der Waals surface area (Å²) in [4.78, 5) is 12.5. The van der Waals surface area contributed by atoms with Crippen molar-refractivity contribution < 1.29 is 23.0 Å². The molecule has 0 aromatic heterocycles. The number of ether oxygens (including phenoxy) is 2. The highest BCUT2D eigenvalue weighted by Gasteiger charge is 2.13. The summed E-state index contributed by atoms with van der Waals surface area (Å²) >= 11 is 0. The Labute approximate surface area is 200 Å². The molecule has 0 aliphatic carbocycles. The van der Waals surface area contributed by atoms with Crippen LogP contribution in [-0.4, -0.2) is 12.6 Å². The van der Waals surface area contributed by atoms with Crippen LogP contribution in [0.2, 0.25) is 0 Å². The van der Waals surface area contributed by atoms with Crippen LogP contribution in [-0.2, 0) is 6.42 Å². The number of rotatable bonds is 12.